The molecule has 0 saturated heterocycles. The van der Waals surface area contributed by atoms with E-state index >= 15 is 0 Å². The van der Waals surface area contributed by atoms with E-state index in [9.17, 15) is 4.79 Å². The Kier molecular flexibility index (Phi) is 2.02. The Morgan fingerprint density at radius 2 is 2.44 bits per heavy atom. The first-order chi connectivity index (χ1) is 7.84. The lowest BCUT2D eigenvalue weighted by Gasteiger charge is -2.06. The highest BCUT2D eigenvalue weighted by molar-refractivity contribution is 6.03. The normalized spacial score (nSPS) is 15.0. The van der Waals surface area contributed by atoms with Crippen LogP contribution in [-0.2, 0) is 0 Å². The first-order valence-electron chi connectivity index (χ1n) is 5.31. The van der Waals surface area contributed by atoms with Crippen LogP contribution in [-0.4, -0.2) is 20.7 Å². The average Bonchev–Trinajstić information content (AvgIpc) is 2.82. The number of amides is 1. The summed E-state index contributed by atoms with van der Waals surface area (Å²) in [5, 5.41) is 9.23. The van der Waals surface area contributed by atoms with E-state index in [1.165, 1.54) is 12.8 Å². The number of rotatable bonds is 3. The molecule has 5 nitrogen and oxygen atoms in total. The van der Waals surface area contributed by atoms with Crippen molar-refractivity contribution in [2.75, 3.05) is 5.32 Å². The number of carbonyl (C=O) groups excluding carboxylic acids is 1. The van der Waals surface area contributed by atoms with Crippen molar-refractivity contribution in [2.24, 2.45) is 0 Å². The van der Waals surface area contributed by atoms with Gasteiger partial charge in [0, 0.05) is 18.4 Å². The van der Waals surface area contributed by atoms with Crippen LogP contribution in [0.1, 0.15) is 29.4 Å². The molecule has 2 N–H and O–H groups in total. The zero-order chi connectivity index (χ0) is 11.0. The van der Waals surface area contributed by atoms with Crippen LogP contribution < -0.4 is 5.32 Å². The summed E-state index contributed by atoms with van der Waals surface area (Å²) in [6.45, 7) is 0. The molecule has 0 aliphatic heterocycles. The zero-order valence-corrected chi connectivity index (χ0v) is 8.68. The van der Waals surface area contributed by atoms with Gasteiger partial charge in [0.15, 0.2) is 0 Å². The number of H-pyrrole nitrogens is 1. The summed E-state index contributed by atoms with van der Waals surface area (Å²) in [4.78, 5) is 12.0. The third-order valence-electron chi connectivity index (χ3n) is 2.71. The molecular formula is C11H12N4O. The standard InChI is InChI=1S/C11H12N4O/c16-11(14-8-6-12-13-7-8)10-2-1-5-15(10)9-3-4-9/h1-2,5-7,9H,3-4H2,(H,12,13)(H,14,16). The fourth-order valence-electron chi connectivity index (χ4n) is 1.77. The summed E-state index contributed by atoms with van der Waals surface area (Å²) in [5.74, 6) is -0.0849. The highest BCUT2D eigenvalue weighted by Crippen LogP contribution is 2.36. The average molecular weight is 216 g/mol. The molecule has 0 radical (unpaired) electrons. The van der Waals surface area contributed by atoms with Gasteiger partial charge in [-0.25, -0.2) is 0 Å². The van der Waals surface area contributed by atoms with E-state index in [0.29, 0.717) is 17.4 Å². The molecule has 0 aromatic carbocycles. The second-order valence-electron chi connectivity index (χ2n) is 3.97. The first kappa shape index (κ1) is 9.21. The largest absolute Gasteiger partial charge is 0.340 e. The highest BCUT2D eigenvalue weighted by Gasteiger charge is 2.26. The zero-order valence-electron chi connectivity index (χ0n) is 8.68. The number of aromatic amines is 1. The second-order valence-corrected chi connectivity index (χ2v) is 3.97. The van der Waals surface area contributed by atoms with Gasteiger partial charge in [-0.2, -0.15) is 5.10 Å². The van der Waals surface area contributed by atoms with Crippen LogP contribution in [0.5, 0.6) is 0 Å². The number of aromatic nitrogens is 3. The molecule has 0 unspecified atom stereocenters. The van der Waals surface area contributed by atoms with Crippen LogP contribution in [0.15, 0.2) is 30.7 Å². The van der Waals surface area contributed by atoms with Gasteiger partial charge in [0.2, 0.25) is 0 Å². The number of hydrogen-bond donors (Lipinski definition) is 2. The van der Waals surface area contributed by atoms with E-state index in [2.05, 4.69) is 15.5 Å². The van der Waals surface area contributed by atoms with Crippen LogP contribution in [0.4, 0.5) is 5.69 Å². The molecule has 0 spiro atoms. The SMILES string of the molecule is O=C(Nc1cn[nH]c1)c1cccn1C1CC1. The lowest BCUT2D eigenvalue weighted by molar-refractivity contribution is 0.101. The van der Waals surface area contributed by atoms with Crippen molar-refractivity contribution in [3.63, 3.8) is 0 Å². The molecule has 0 atom stereocenters. The van der Waals surface area contributed by atoms with Crippen LogP contribution in [0.3, 0.4) is 0 Å². The molecule has 5 heteroatoms. The predicted octanol–water partition coefficient (Wildman–Crippen LogP) is 1.80. The Hall–Kier alpha value is -2.04. The van der Waals surface area contributed by atoms with Crippen molar-refractivity contribution in [1.82, 2.24) is 14.8 Å². The third kappa shape index (κ3) is 1.60. The number of nitrogens with one attached hydrogen (secondary N) is 2. The van der Waals surface area contributed by atoms with Crippen LogP contribution >= 0.6 is 0 Å². The van der Waals surface area contributed by atoms with Gasteiger partial charge in [-0.15, -0.1) is 0 Å². The molecule has 0 bridgehead atoms. The molecule has 2 heterocycles. The Labute approximate surface area is 92.5 Å². The van der Waals surface area contributed by atoms with E-state index < -0.39 is 0 Å². The third-order valence-corrected chi connectivity index (χ3v) is 2.71. The summed E-state index contributed by atoms with van der Waals surface area (Å²) in [5.41, 5.74) is 1.40. The fourth-order valence-corrected chi connectivity index (χ4v) is 1.77. The summed E-state index contributed by atoms with van der Waals surface area (Å²) in [6, 6.07) is 4.26. The van der Waals surface area contributed by atoms with Gasteiger partial charge in [0.1, 0.15) is 5.69 Å². The molecule has 16 heavy (non-hydrogen) atoms. The lowest BCUT2D eigenvalue weighted by atomic mass is 10.4. The Morgan fingerprint density at radius 1 is 1.56 bits per heavy atom. The van der Waals surface area contributed by atoms with Gasteiger partial charge in [-0.05, 0) is 25.0 Å². The lowest BCUT2D eigenvalue weighted by Crippen LogP contribution is -2.15. The fraction of sp³-hybridized carbons (Fsp3) is 0.273. The van der Waals surface area contributed by atoms with Gasteiger partial charge in [-0.1, -0.05) is 0 Å². The quantitative estimate of drug-likeness (QED) is 0.821. The first-order valence-corrected chi connectivity index (χ1v) is 5.31. The highest BCUT2D eigenvalue weighted by atomic mass is 16.2. The Bertz CT molecular complexity index is 496. The second kappa shape index (κ2) is 3.52. The van der Waals surface area contributed by atoms with Crippen molar-refractivity contribution in [2.45, 2.75) is 18.9 Å². The predicted molar refractivity (Wildman–Crippen MR) is 59.2 cm³/mol. The topological polar surface area (TPSA) is 62.7 Å². The maximum atomic E-state index is 12.0. The molecule has 1 amide bonds. The summed E-state index contributed by atoms with van der Waals surface area (Å²) < 4.78 is 2.04. The van der Waals surface area contributed by atoms with Crippen molar-refractivity contribution < 1.29 is 4.79 Å². The number of hydrogen-bond acceptors (Lipinski definition) is 2. The molecule has 3 rings (SSSR count). The molecule has 2 aromatic rings. The van der Waals surface area contributed by atoms with Crippen molar-refractivity contribution in [3.8, 4) is 0 Å². The minimum Gasteiger partial charge on any atom is -0.340 e. The Balaban J connectivity index is 1.80. The summed E-state index contributed by atoms with van der Waals surface area (Å²) in [7, 11) is 0. The van der Waals surface area contributed by atoms with Crippen molar-refractivity contribution >= 4 is 11.6 Å². The van der Waals surface area contributed by atoms with Crippen molar-refractivity contribution in [1.29, 1.82) is 0 Å². The molecule has 1 aliphatic carbocycles. The smallest absolute Gasteiger partial charge is 0.272 e. The minimum atomic E-state index is -0.0849. The van der Waals surface area contributed by atoms with E-state index in [1.54, 1.807) is 12.4 Å². The van der Waals surface area contributed by atoms with Gasteiger partial charge >= 0.3 is 0 Å². The maximum Gasteiger partial charge on any atom is 0.272 e. The molecule has 1 saturated carbocycles. The molecule has 1 aliphatic rings. The van der Waals surface area contributed by atoms with Crippen LogP contribution in [0, 0.1) is 0 Å². The van der Waals surface area contributed by atoms with E-state index in [1.807, 2.05) is 22.9 Å². The number of carbonyl (C=O) groups is 1. The van der Waals surface area contributed by atoms with E-state index in [-0.39, 0.29) is 5.91 Å². The summed E-state index contributed by atoms with van der Waals surface area (Å²) >= 11 is 0. The molecular weight excluding hydrogens is 204 g/mol. The molecule has 82 valence electrons. The maximum absolute atomic E-state index is 12.0. The van der Waals surface area contributed by atoms with E-state index in [4.69, 9.17) is 0 Å². The molecule has 2 aromatic heterocycles. The van der Waals surface area contributed by atoms with Crippen LogP contribution in [0.25, 0.3) is 0 Å². The van der Waals surface area contributed by atoms with Gasteiger partial charge < -0.3 is 9.88 Å². The summed E-state index contributed by atoms with van der Waals surface area (Å²) in [6.07, 6.45) is 7.54. The van der Waals surface area contributed by atoms with Gasteiger partial charge in [-0.3, -0.25) is 9.89 Å². The Morgan fingerprint density at radius 3 is 3.12 bits per heavy atom. The van der Waals surface area contributed by atoms with E-state index in [0.717, 1.165) is 0 Å². The van der Waals surface area contributed by atoms with Crippen molar-refractivity contribution in [3.05, 3.63) is 36.4 Å². The monoisotopic (exact) mass is 216 g/mol. The van der Waals surface area contributed by atoms with Crippen LogP contribution in [0.2, 0.25) is 0 Å². The number of anilines is 1. The molecule has 1 fully saturated rings. The minimum absolute atomic E-state index is 0.0849. The van der Waals surface area contributed by atoms with Gasteiger partial charge in [0.05, 0.1) is 11.9 Å². The number of nitrogens with zero attached hydrogens (tertiary/aromatic N) is 2. The van der Waals surface area contributed by atoms with Gasteiger partial charge in [0.25, 0.3) is 5.91 Å².